The average Bonchev–Trinajstić information content (AvgIpc) is 2.84. The first-order valence-corrected chi connectivity index (χ1v) is 6.69. The zero-order valence-corrected chi connectivity index (χ0v) is 10.9. The van der Waals surface area contributed by atoms with Gasteiger partial charge in [0.15, 0.2) is 5.13 Å². The van der Waals surface area contributed by atoms with Crippen molar-refractivity contribution >= 4 is 26.7 Å². The molecule has 90 valence electrons. The van der Waals surface area contributed by atoms with Gasteiger partial charge in [-0.3, -0.25) is 0 Å². The van der Waals surface area contributed by atoms with Crippen LogP contribution in [0.1, 0.15) is 18.9 Å². The normalized spacial score (nSPS) is 24.4. The summed E-state index contributed by atoms with van der Waals surface area (Å²) in [5.41, 5.74) is 2.38. The highest BCUT2D eigenvalue weighted by molar-refractivity contribution is 7.22. The van der Waals surface area contributed by atoms with Gasteiger partial charge >= 0.3 is 0 Å². The molecule has 0 aliphatic carbocycles. The first-order chi connectivity index (χ1) is 8.15. The van der Waals surface area contributed by atoms with Crippen molar-refractivity contribution in [3.8, 4) is 0 Å². The number of rotatable bonds is 2. The Balaban J connectivity index is 1.90. The Kier molecular flexibility index (Phi) is 2.56. The third kappa shape index (κ3) is 2.15. The van der Waals surface area contributed by atoms with Gasteiger partial charge in [-0.2, -0.15) is 0 Å². The van der Waals surface area contributed by atoms with Gasteiger partial charge in [-0.05, 0) is 38.0 Å². The van der Waals surface area contributed by atoms with E-state index >= 15 is 0 Å². The number of nitrogens with one attached hydrogen (secondary N) is 1. The van der Waals surface area contributed by atoms with Crippen LogP contribution in [0, 0.1) is 6.92 Å². The molecule has 4 heteroatoms. The number of benzene rings is 1. The molecule has 17 heavy (non-hydrogen) atoms. The van der Waals surface area contributed by atoms with Crippen molar-refractivity contribution in [3.63, 3.8) is 0 Å². The molecule has 1 aromatic carbocycles. The molecule has 0 amide bonds. The summed E-state index contributed by atoms with van der Waals surface area (Å²) in [5.74, 6) is 0. The molecule has 1 N–H and O–H groups in total. The van der Waals surface area contributed by atoms with Crippen molar-refractivity contribution in [2.45, 2.75) is 25.8 Å². The smallest absolute Gasteiger partial charge is 0.184 e. The molecule has 1 unspecified atom stereocenters. The third-order valence-corrected chi connectivity index (χ3v) is 4.12. The number of aryl methyl sites for hydroxylation is 1. The fourth-order valence-electron chi connectivity index (χ4n) is 2.11. The first-order valence-electron chi connectivity index (χ1n) is 5.88. The minimum absolute atomic E-state index is 0.0446. The van der Waals surface area contributed by atoms with Gasteiger partial charge in [0.25, 0.3) is 0 Å². The topological polar surface area (TPSA) is 34.1 Å². The highest BCUT2D eigenvalue weighted by Crippen LogP contribution is 2.30. The molecule has 0 radical (unpaired) electrons. The molecule has 0 saturated carbocycles. The van der Waals surface area contributed by atoms with Crippen molar-refractivity contribution < 1.29 is 4.74 Å². The summed E-state index contributed by atoms with van der Waals surface area (Å²) in [6.45, 7) is 5.89. The van der Waals surface area contributed by atoms with Gasteiger partial charge in [0.1, 0.15) is 0 Å². The zero-order chi connectivity index (χ0) is 11.9. The van der Waals surface area contributed by atoms with E-state index in [4.69, 9.17) is 4.74 Å². The molecule has 2 heterocycles. The van der Waals surface area contributed by atoms with Gasteiger partial charge in [0, 0.05) is 6.61 Å². The number of thiazole rings is 1. The average molecular weight is 248 g/mol. The molecule has 1 fully saturated rings. The molecule has 1 aliphatic rings. The summed E-state index contributed by atoms with van der Waals surface area (Å²) < 4.78 is 6.68. The molecular weight excluding hydrogens is 232 g/mol. The van der Waals surface area contributed by atoms with Crippen LogP contribution in [0.3, 0.4) is 0 Å². The second-order valence-electron chi connectivity index (χ2n) is 4.98. The van der Waals surface area contributed by atoms with Gasteiger partial charge in [-0.1, -0.05) is 17.4 Å². The summed E-state index contributed by atoms with van der Waals surface area (Å²) in [6.07, 6.45) is 1.04. The largest absolute Gasteiger partial charge is 0.379 e. The van der Waals surface area contributed by atoms with Gasteiger partial charge < -0.3 is 10.1 Å². The van der Waals surface area contributed by atoms with E-state index in [1.165, 1.54) is 10.3 Å². The van der Waals surface area contributed by atoms with Crippen LogP contribution in [-0.2, 0) is 4.74 Å². The van der Waals surface area contributed by atoms with Crippen molar-refractivity contribution in [1.29, 1.82) is 0 Å². The van der Waals surface area contributed by atoms with Gasteiger partial charge in [0.05, 0.1) is 22.4 Å². The number of anilines is 1. The quantitative estimate of drug-likeness (QED) is 0.886. The lowest BCUT2D eigenvalue weighted by Gasteiger charge is -2.22. The Bertz CT molecular complexity index is 543. The minimum Gasteiger partial charge on any atom is -0.379 e. The van der Waals surface area contributed by atoms with E-state index in [1.54, 1.807) is 11.3 Å². The van der Waals surface area contributed by atoms with Crippen LogP contribution in [0.5, 0.6) is 0 Å². The van der Waals surface area contributed by atoms with Crippen molar-refractivity contribution in [2.24, 2.45) is 0 Å². The second kappa shape index (κ2) is 3.96. The van der Waals surface area contributed by atoms with Crippen LogP contribution in [0.4, 0.5) is 5.13 Å². The predicted molar refractivity (Wildman–Crippen MR) is 71.8 cm³/mol. The summed E-state index contributed by atoms with van der Waals surface area (Å²) in [7, 11) is 0. The molecule has 1 saturated heterocycles. The maximum atomic E-state index is 5.44. The maximum Gasteiger partial charge on any atom is 0.184 e. The molecule has 1 aliphatic heterocycles. The number of ether oxygens (including phenoxy) is 1. The number of fused-ring (bicyclic) bond motifs is 1. The number of hydrogen-bond acceptors (Lipinski definition) is 4. The van der Waals surface area contributed by atoms with E-state index in [9.17, 15) is 0 Å². The lowest BCUT2D eigenvalue weighted by molar-refractivity contribution is 0.185. The van der Waals surface area contributed by atoms with E-state index in [1.807, 2.05) is 0 Å². The van der Waals surface area contributed by atoms with E-state index in [0.29, 0.717) is 0 Å². The van der Waals surface area contributed by atoms with Crippen LogP contribution >= 0.6 is 11.3 Å². The Morgan fingerprint density at radius 2 is 2.35 bits per heavy atom. The van der Waals surface area contributed by atoms with Crippen LogP contribution < -0.4 is 5.32 Å². The first kappa shape index (κ1) is 11.0. The van der Waals surface area contributed by atoms with E-state index in [2.05, 4.69) is 42.3 Å². The third-order valence-electron chi connectivity index (χ3n) is 3.17. The summed E-state index contributed by atoms with van der Waals surface area (Å²) >= 11 is 1.71. The molecule has 1 atom stereocenters. The molecule has 3 rings (SSSR count). The van der Waals surface area contributed by atoms with Gasteiger partial charge in [-0.15, -0.1) is 0 Å². The summed E-state index contributed by atoms with van der Waals surface area (Å²) in [4.78, 5) is 4.63. The van der Waals surface area contributed by atoms with Crippen LogP contribution in [0.2, 0.25) is 0 Å². The molecule has 3 nitrogen and oxygen atoms in total. The highest BCUT2D eigenvalue weighted by Gasteiger charge is 2.30. The van der Waals surface area contributed by atoms with Crippen molar-refractivity contribution in [1.82, 2.24) is 4.98 Å². The van der Waals surface area contributed by atoms with E-state index in [-0.39, 0.29) is 5.54 Å². The Labute approximate surface area is 105 Å². The molecular formula is C13H16N2OS. The fourth-order valence-corrected chi connectivity index (χ4v) is 3.11. The Morgan fingerprint density at radius 1 is 1.47 bits per heavy atom. The lowest BCUT2D eigenvalue weighted by Crippen LogP contribution is -2.34. The van der Waals surface area contributed by atoms with E-state index in [0.717, 1.165) is 30.3 Å². The van der Waals surface area contributed by atoms with Crippen LogP contribution in [0.25, 0.3) is 10.2 Å². The Hall–Kier alpha value is -1.13. The zero-order valence-electron chi connectivity index (χ0n) is 10.1. The summed E-state index contributed by atoms with van der Waals surface area (Å²) in [5, 5.41) is 4.51. The predicted octanol–water partition coefficient (Wildman–Crippen LogP) is 3.20. The fraction of sp³-hybridized carbons (Fsp3) is 0.462. The Morgan fingerprint density at radius 3 is 3.12 bits per heavy atom. The minimum atomic E-state index is 0.0446. The molecule has 0 bridgehead atoms. The number of nitrogens with zero attached hydrogens (tertiary/aromatic N) is 1. The summed E-state index contributed by atoms with van der Waals surface area (Å²) in [6, 6.07) is 6.40. The SMILES string of the molecule is Cc1ccc2sc(NC3(C)CCOC3)nc2c1. The van der Waals surface area contributed by atoms with Crippen LogP contribution in [-0.4, -0.2) is 23.7 Å². The maximum absolute atomic E-state index is 5.44. The number of hydrogen-bond donors (Lipinski definition) is 1. The molecule has 2 aromatic rings. The van der Waals surface area contributed by atoms with E-state index < -0.39 is 0 Å². The second-order valence-corrected chi connectivity index (χ2v) is 6.01. The van der Waals surface area contributed by atoms with Crippen molar-refractivity contribution in [3.05, 3.63) is 23.8 Å². The van der Waals surface area contributed by atoms with Gasteiger partial charge in [0.2, 0.25) is 0 Å². The lowest BCUT2D eigenvalue weighted by atomic mass is 10.0. The monoisotopic (exact) mass is 248 g/mol. The highest BCUT2D eigenvalue weighted by atomic mass is 32.1. The number of aromatic nitrogens is 1. The van der Waals surface area contributed by atoms with Gasteiger partial charge in [-0.25, -0.2) is 4.98 Å². The van der Waals surface area contributed by atoms with Crippen molar-refractivity contribution in [2.75, 3.05) is 18.5 Å². The molecule has 1 aromatic heterocycles. The standard InChI is InChI=1S/C13H16N2OS/c1-9-3-4-11-10(7-9)14-12(17-11)15-13(2)5-6-16-8-13/h3-4,7H,5-6,8H2,1-2H3,(H,14,15). The van der Waals surface area contributed by atoms with Crippen LogP contribution in [0.15, 0.2) is 18.2 Å². The molecule has 0 spiro atoms.